The molecule has 8 nitrogen and oxygen atoms in total. The quantitative estimate of drug-likeness (QED) is 0.414. The third kappa shape index (κ3) is 7.05. The van der Waals surface area contributed by atoms with Gasteiger partial charge in [-0.25, -0.2) is 14.4 Å². The van der Waals surface area contributed by atoms with E-state index in [4.69, 9.17) is 32.7 Å². The largest absolute Gasteiger partial charge is 0.478 e. The van der Waals surface area contributed by atoms with Crippen molar-refractivity contribution in [3.8, 4) is 0 Å². The van der Waals surface area contributed by atoms with Crippen LogP contribution in [-0.2, 0) is 19.1 Å². The molecule has 0 unspecified atom stereocenters. The van der Waals surface area contributed by atoms with Gasteiger partial charge in [0.1, 0.15) is 0 Å². The second-order valence-electron chi connectivity index (χ2n) is 7.36. The molecule has 10 heteroatoms. The van der Waals surface area contributed by atoms with Gasteiger partial charge in [0.15, 0.2) is 0 Å². The lowest BCUT2D eigenvalue weighted by Crippen LogP contribution is -2.48. The van der Waals surface area contributed by atoms with Crippen molar-refractivity contribution < 1.29 is 33.8 Å². The number of esters is 2. The monoisotopic (exact) mass is 515 g/mol. The number of aliphatic carboxylic acids is 1. The van der Waals surface area contributed by atoms with Crippen LogP contribution in [-0.4, -0.2) is 41.1 Å². The van der Waals surface area contributed by atoms with Crippen molar-refractivity contribution in [2.45, 2.75) is 19.1 Å². The lowest BCUT2D eigenvalue weighted by atomic mass is 10.1. The number of benzene rings is 3. The normalized spacial score (nSPS) is 12.2. The van der Waals surface area contributed by atoms with Crippen LogP contribution in [0.2, 0.25) is 10.0 Å². The number of aryl methyl sites for hydroxylation is 1. The number of carbonyl (C=O) groups is 4. The van der Waals surface area contributed by atoms with Crippen molar-refractivity contribution in [1.82, 2.24) is 0 Å². The molecule has 0 bridgehead atoms. The molecular formula is C25H19Cl2NO7. The van der Waals surface area contributed by atoms with Gasteiger partial charge in [0.05, 0.1) is 11.1 Å². The number of nitrogens with one attached hydrogen (secondary N) is 1. The molecule has 180 valence electrons. The Balaban J connectivity index is 1.90. The molecule has 0 fully saturated rings. The predicted octanol–water partition coefficient (Wildman–Crippen LogP) is 4.78. The summed E-state index contributed by atoms with van der Waals surface area (Å²) in [5, 5.41) is 13.0. The van der Waals surface area contributed by atoms with Crippen LogP contribution >= 0.6 is 23.2 Å². The van der Waals surface area contributed by atoms with Gasteiger partial charge in [-0.2, -0.15) is 0 Å². The van der Waals surface area contributed by atoms with Gasteiger partial charge in [0.2, 0.25) is 12.2 Å². The van der Waals surface area contributed by atoms with Crippen LogP contribution in [0.4, 0.5) is 5.69 Å². The number of hydrogen-bond donors (Lipinski definition) is 2. The third-order valence-corrected chi connectivity index (χ3v) is 5.19. The number of carbonyl (C=O) groups excluding carboxylic acids is 3. The van der Waals surface area contributed by atoms with Crippen molar-refractivity contribution >= 4 is 52.7 Å². The second-order valence-corrected chi connectivity index (χ2v) is 8.24. The summed E-state index contributed by atoms with van der Waals surface area (Å²) < 4.78 is 10.3. The fourth-order valence-electron chi connectivity index (χ4n) is 2.97. The van der Waals surface area contributed by atoms with Crippen molar-refractivity contribution in [2.24, 2.45) is 0 Å². The fraction of sp³-hybridized carbons (Fsp3) is 0.120. The maximum Gasteiger partial charge on any atom is 0.349 e. The minimum atomic E-state index is -2.15. The molecule has 1 amide bonds. The number of carboxylic acid groups (broad SMARTS) is 1. The smallest absolute Gasteiger partial charge is 0.349 e. The van der Waals surface area contributed by atoms with Gasteiger partial charge in [-0.15, -0.1) is 0 Å². The summed E-state index contributed by atoms with van der Waals surface area (Å²) in [7, 11) is 0. The lowest BCUT2D eigenvalue weighted by molar-refractivity contribution is -0.157. The summed E-state index contributed by atoms with van der Waals surface area (Å²) in [5.41, 5.74) is 1.15. The van der Waals surface area contributed by atoms with Crippen LogP contribution in [0.3, 0.4) is 0 Å². The van der Waals surface area contributed by atoms with E-state index in [1.165, 1.54) is 48.5 Å². The van der Waals surface area contributed by atoms with E-state index < -0.39 is 36.0 Å². The van der Waals surface area contributed by atoms with Gasteiger partial charge in [0, 0.05) is 15.7 Å². The molecule has 0 saturated heterocycles. The number of carboxylic acids is 1. The Labute approximate surface area is 210 Å². The number of hydrogen-bond acceptors (Lipinski definition) is 6. The van der Waals surface area contributed by atoms with Gasteiger partial charge in [-0.05, 0) is 73.2 Å². The zero-order chi connectivity index (χ0) is 25.5. The number of rotatable bonds is 8. The molecular weight excluding hydrogens is 497 g/mol. The molecule has 0 spiro atoms. The van der Waals surface area contributed by atoms with E-state index in [0.717, 1.165) is 5.56 Å². The Morgan fingerprint density at radius 2 is 1.26 bits per heavy atom. The average molecular weight is 516 g/mol. The summed E-state index contributed by atoms with van der Waals surface area (Å²) in [4.78, 5) is 50.4. The lowest BCUT2D eigenvalue weighted by Gasteiger charge is -2.23. The third-order valence-electron chi connectivity index (χ3n) is 4.69. The maximum absolute atomic E-state index is 13.1. The van der Waals surface area contributed by atoms with E-state index in [2.05, 4.69) is 5.32 Å². The molecule has 2 atom stereocenters. The molecule has 0 aliphatic heterocycles. The molecule has 3 rings (SSSR count). The van der Waals surface area contributed by atoms with Gasteiger partial charge in [0.25, 0.3) is 5.91 Å². The van der Waals surface area contributed by atoms with Crippen LogP contribution in [0.15, 0.2) is 72.8 Å². The first-order valence-corrected chi connectivity index (χ1v) is 10.9. The Morgan fingerprint density at radius 1 is 0.771 bits per heavy atom. The summed E-state index contributed by atoms with van der Waals surface area (Å²) >= 11 is 11.6. The zero-order valence-corrected chi connectivity index (χ0v) is 19.7. The molecule has 3 aromatic carbocycles. The van der Waals surface area contributed by atoms with Crippen LogP contribution in [0.5, 0.6) is 0 Å². The maximum atomic E-state index is 13.1. The number of amides is 1. The van der Waals surface area contributed by atoms with Crippen LogP contribution in [0, 0.1) is 6.92 Å². The van der Waals surface area contributed by atoms with E-state index >= 15 is 0 Å². The fourth-order valence-corrected chi connectivity index (χ4v) is 3.22. The van der Waals surface area contributed by atoms with Crippen molar-refractivity contribution in [3.05, 3.63) is 99.5 Å². The highest BCUT2D eigenvalue weighted by molar-refractivity contribution is 6.31. The van der Waals surface area contributed by atoms with Crippen LogP contribution in [0.1, 0.15) is 26.3 Å². The zero-order valence-electron chi connectivity index (χ0n) is 18.2. The summed E-state index contributed by atoms with van der Waals surface area (Å²) in [5.74, 6) is -4.76. The molecule has 0 aliphatic carbocycles. The molecule has 2 N–H and O–H groups in total. The van der Waals surface area contributed by atoms with Crippen molar-refractivity contribution in [3.63, 3.8) is 0 Å². The minimum absolute atomic E-state index is 0.0101. The average Bonchev–Trinajstić information content (AvgIpc) is 2.81. The molecule has 0 saturated carbocycles. The molecule has 0 aliphatic rings. The van der Waals surface area contributed by atoms with Gasteiger partial charge in [-0.1, -0.05) is 35.3 Å². The Bertz CT molecular complexity index is 1240. The summed E-state index contributed by atoms with van der Waals surface area (Å²) in [6, 6.07) is 17.7. The highest BCUT2D eigenvalue weighted by Gasteiger charge is 2.41. The number of halogens is 2. The van der Waals surface area contributed by atoms with E-state index in [-0.39, 0.29) is 11.1 Å². The first kappa shape index (κ1) is 25.7. The van der Waals surface area contributed by atoms with Crippen LogP contribution in [0.25, 0.3) is 0 Å². The Morgan fingerprint density at radius 3 is 1.71 bits per heavy atom. The van der Waals surface area contributed by atoms with Gasteiger partial charge < -0.3 is 19.9 Å². The summed E-state index contributed by atoms with van der Waals surface area (Å²) in [6.07, 6.45) is -4.17. The van der Waals surface area contributed by atoms with Gasteiger partial charge in [-0.3, -0.25) is 4.79 Å². The molecule has 0 aromatic heterocycles. The molecule has 0 radical (unpaired) electrons. The topological polar surface area (TPSA) is 119 Å². The highest BCUT2D eigenvalue weighted by Crippen LogP contribution is 2.18. The first-order valence-electron chi connectivity index (χ1n) is 10.2. The SMILES string of the molecule is Cc1cccc(NC(=O)[C@H](OC(=O)c2ccc(Cl)cc2)[C@@H](OC(=O)c2ccc(Cl)cc2)C(=O)O)c1. The van der Waals surface area contributed by atoms with E-state index in [9.17, 15) is 24.3 Å². The van der Waals surface area contributed by atoms with Gasteiger partial charge >= 0.3 is 17.9 Å². The molecule has 3 aromatic rings. The van der Waals surface area contributed by atoms with E-state index in [0.29, 0.717) is 15.7 Å². The van der Waals surface area contributed by atoms with E-state index in [1.54, 1.807) is 31.2 Å². The minimum Gasteiger partial charge on any atom is -0.478 e. The number of anilines is 1. The van der Waals surface area contributed by atoms with Crippen LogP contribution < -0.4 is 5.32 Å². The Hall–Kier alpha value is -3.88. The molecule has 0 heterocycles. The number of ether oxygens (including phenoxy) is 2. The van der Waals surface area contributed by atoms with Crippen molar-refractivity contribution in [1.29, 1.82) is 0 Å². The second kappa shape index (κ2) is 11.5. The highest BCUT2D eigenvalue weighted by atomic mass is 35.5. The summed E-state index contributed by atoms with van der Waals surface area (Å²) in [6.45, 7) is 1.79. The molecule has 35 heavy (non-hydrogen) atoms. The van der Waals surface area contributed by atoms with E-state index in [1.807, 2.05) is 0 Å². The van der Waals surface area contributed by atoms with Crippen molar-refractivity contribution in [2.75, 3.05) is 5.32 Å². The Kier molecular flexibility index (Phi) is 8.46. The predicted molar refractivity (Wildman–Crippen MR) is 129 cm³/mol. The standard InChI is InChI=1S/C25H19Cl2NO7/c1-14-3-2-4-19(13-14)28-22(29)20(34-24(32)15-5-9-17(26)10-6-15)21(23(30)31)35-25(33)16-7-11-18(27)12-8-16/h2-13,20-21H,1H3,(H,28,29)(H,30,31)/t20-,21-/m1/s1. The first-order chi connectivity index (χ1) is 16.6.